The van der Waals surface area contributed by atoms with E-state index in [1.54, 1.807) is 29.5 Å². The van der Waals surface area contributed by atoms with E-state index in [1.807, 2.05) is 6.92 Å². The van der Waals surface area contributed by atoms with Crippen molar-refractivity contribution in [1.29, 1.82) is 0 Å². The van der Waals surface area contributed by atoms with Gasteiger partial charge in [-0.1, -0.05) is 5.21 Å². The Morgan fingerprint density at radius 1 is 1.25 bits per heavy atom. The lowest BCUT2D eigenvalue weighted by atomic mass is 10.5. The third kappa shape index (κ3) is 1.16. The molecule has 0 aromatic carbocycles. The van der Waals surface area contributed by atoms with Crippen molar-refractivity contribution in [1.82, 2.24) is 25.0 Å². The van der Waals surface area contributed by atoms with Gasteiger partial charge in [0.05, 0.1) is 30.5 Å². The van der Waals surface area contributed by atoms with Crippen molar-refractivity contribution in [2.75, 3.05) is 0 Å². The van der Waals surface area contributed by atoms with Crippen molar-refractivity contribution in [3.05, 3.63) is 30.5 Å². The van der Waals surface area contributed by atoms with Crippen LogP contribution in [0.25, 0.3) is 5.82 Å². The number of hydrogen-bond acceptors (Lipinski definition) is 4. The fourth-order valence-electron chi connectivity index (χ4n) is 0.834. The van der Waals surface area contributed by atoms with Crippen LogP contribution in [-0.2, 0) is 0 Å². The molecule has 0 aliphatic heterocycles. The smallest absolute Gasteiger partial charge is 0.173 e. The highest BCUT2D eigenvalue weighted by atomic mass is 15.4. The first kappa shape index (κ1) is 6.90. The molecule has 0 aliphatic carbocycles. The van der Waals surface area contributed by atoms with Crippen LogP contribution in [0.3, 0.4) is 0 Å². The van der Waals surface area contributed by atoms with Crippen molar-refractivity contribution >= 4 is 0 Å². The molecule has 2 heterocycles. The zero-order valence-electron chi connectivity index (χ0n) is 6.55. The van der Waals surface area contributed by atoms with Gasteiger partial charge < -0.3 is 0 Å². The molecular formula is C7H7N5. The summed E-state index contributed by atoms with van der Waals surface area (Å²) >= 11 is 0. The van der Waals surface area contributed by atoms with Gasteiger partial charge in [-0.3, -0.25) is 4.98 Å². The Bertz CT molecular complexity index is 350. The Labute approximate surface area is 69.1 Å². The third-order valence-corrected chi connectivity index (χ3v) is 1.42. The van der Waals surface area contributed by atoms with Crippen LogP contribution in [0.15, 0.2) is 24.8 Å². The lowest BCUT2D eigenvalue weighted by molar-refractivity contribution is 0.774. The van der Waals surface area contributed by atoms with Crippen LogP contribution in [0.2, 0.25) is 0 Å². The lowest BCUT2D eigenvalue weighted by Crippen LogP contribution is -1.99. The maximum atomic E-state index is 4.12. The Balaban J connectivity index is 2.43. The molecule has 0 atom stereocenters. The Morgan fingerprint density at radius 3 is 2.75 bits per heavy atom. The second-order valence-electron chi connectivity index (χ2n) is 2.36. The molecule has 2 aromatic rings. The quantitative estimate of drug-likeness (QED) is 0.606. The van der Waals surface area contributed by atoms with E-state index in [1.165, 1.54) is 0 Å². The summed E-state index contributed by atoms with van der Waals surface area (Å²) in [5.41, 5.74) is 0.888. The summed E-state index contributed by atoms with van der Waals surface area (Å²) in [5, 5.41) is 7.45. The molecule has 60 valence electrons. The molecular weight excluding hydrogens is 154 g/mol. The van der Waals surface area contributed by atoms with Crippen LogP contribution in [-0.4, -0.2) is 25.0 Å². The molecule has 12 heavy (non-hydrogen) atoms. The number of nitrogens with zero attached hydrogens (tertiary/aromatic N) is 5. The van der Waals surface area contributed by atoms with Crippen LogP contribution in [0.4, 0.5) is 0 Å². The molecule has 0 fully saturated rings. The predicted octanol–water partition coefficient (Wildman–Crippen LogP) is 0.366. The van der Waals surface area contributed by atoms with Crippen molar-refractivity contribution in [2.45, 2.75) is 6.92 Å². The summed E-state index contributed by atoms with van der Waals surface area (Å²) in [4.78, 5) is 8.20. The van der Waals surface area contributed by atoms with Gasteiger partial charge in [-0.2, -0.15) is 0 Å². The Morgan fingerprint density at radius 2 is 2.17 bits per heavy atom. The van der Waals surface area contributed by atoms with Gasteiger partial charge >= 0.3 is 0 Å². The fourth-order valence-corrected chi connectivity index (χ4v) is 0.834. The van der Waals surface area contributed by atoms with Gasteiger partial charge in [0.1, 0.15) is 0 Å². The molecule has 0 unspecified atom stereocenters. The average Bonchev–Trinajstić information content (AvgIpc) is 2.58. The molecule has 0 N–H and O–H groups in total. The highest BCUT2D eigenvalue weighted by molar-refractivity contribution is 5.15. The first-order chi connectivity index (χ1) is 5.86. The molecule has 0 saturated heterocycles. The summed E-state index contributed by atoms with van der Waals surface area (Å²) in [7, 11) is 0. The standard InChI is InChI=1S/C7H7N5/c1-6-4-9-7(5-8-6)12-3-2-10-11-12/h2-5H,1H3. The van der Waals surface area contributed by atoms with E-state index in [0.717, 1.165) is 5.69 Å². The summed E-state index contributed by atoms with van der Waals surface area (Å²) in [6, 6.07) is 0. The fraction of sp³-hybridized carbons (Fsp3) is 0.143. The van der Waals surface area contributed by atoms with Crippen molar-refractivity contribution in [3.63, 3.8) is 0 Å². The van der Waals surface area contributed by atoms with Crippen LogP contribution in [0, 0.1) is 6.92 Å². The highest BCUT2D eigenvalue weighted by Crippen LogP contribution is 1.98. The zero-order valence-corrected chi connectivity index (χ0v) is 6.55. The molecule has 5 heteroatoms. The second-order valence-corrected chi connectivity index (χ2v) is 2.36. The maximum absolute atomic E-state index is 4.12. The molecule has 0 amide bonds. The maximum Gasteiger partial charge on any atom is 0.173 e. The van der Waals surface area contributed by atoms with Crippen LogP contribution in [0.5, 0.6) is 0 Å². The number of rotatable bonds is 1. The summed E-state index contributed by atoms with van der Waals surface area (Å²) < 4.78 is 1.56. The van der Waals surface area contributed by atoms with Gasteiger partial charge in [0.2, 0.25) is 0 Å². The van der Waals surface area contributed by atoms with E-state index < -0.39 is 0 Å². The third-order valence-electron chi connectivity index (χ3n) is 1.42. The van der Waals surface area contributed by atoms with E-state index in [0.29, 0.717) is 5.82 Å². The van der Waals surface area contributed by atoms with Gasteiger partial charge in [0.25, 0.3) is 0 Å². The number of hydrogen-bond donors (Lipinski definition) is 0. The van der Waals surface area contributed by atoms with E-state index in [-0.39, 0.29) is 0 Å². The van der Waals surface area contributed by atoms with Gasteiger partial charge in [-0.05, 0) is 6.92 Å². The van der Waals surface area contributed by atoms with Gasteiger partial charge in [-0.25, -0.2) is 9.67 Å². The molecule has 0 radical (unpaired) electrons. The molecule has 5 nitrogen and oxygen atoms in total. The van der Waals surface area contributed by atoms with Crippen molar-refractivity contribution < 1.29 is 0 Å². The minimum atomic E-state index is 0.679. The first-order valence-corrected chi connectivity index (χ1v) is 3.51. The monoisotopic (exact) mass is 161 g/mol. The molecule has 0 saturated carbocycles. The zero-order chi connectivity index (χ0) is 8.39. The molecule has 0 bridgehead atoms. The summed E-state index contributed by atoms with van der Waals surface area (Å²) in [6.45, 7) is 1.89. The predicted molar refractivity (Wildman–Crippen MR) is 41.7 cm³/mol. The average molecular weight is 161 g/mol. The summed E-state index contributed by atoms with van der Waals surface area (Å²) in [6.07, 6.45) is 6.67. The van der Waals surface area contributed by atoms with Crippen molar-refractivity contribution in [2.24, 2.45) is 0 Å². The molecule has 0 aliphatic rings. The molecule has 0 spiro atoms. The van der Waals surface area contributed by atoms with E-state index in [2.05, 4.69) is 20.3 Å². The molecule has 2 rings (SSSR count). The van der Waals surface area contributed by atoms with E-state index in [9.17, 15) is 0 Å². The van der Waals surface area contributed by atoms with Crippen LogP contribution in [0.1, 0.15) is 5.69 Å². The van der Waals surface area contributed by atoms with Gasteiger partial charge in [0.15, 0.2) is 5.82 Å². The van der Waals surface area contributed by atoms with Crippen molar-refractivity contribution in [3.8, 4) is 5.82 Å². The normalized spacial score (nSPS) is 10.1. The highest BCUT2D eigenvalue weighted by Gasteiger charge is 1.96. The van der Waals surface area contributed by atoms with Crippen LogP contribution < -0.4 is 0 Å². The number of aromatic nitrogens is 5. The first-order valence-electron chi connectivity index (χ1n) is 3.51. The van der Waals surface area contributed by atoms with Crippen LogP contribution >= 0.6 is 0 Å². The Kier molecular flexibility index (Phi) is 1.55. The van der Waals surface area contributed by atoms with E-state index in [4.69, 9.17) is 0 Å². The molecule has 2 aromatic heterocycles. The lowest BCUT2D eigenvalue weighted by Gasteiger charge is -1.96. The largest absolute Gasteiger partial charge is 0.256 e. The minimum Gasteiger partial charge on any atom is -0.256 e. The van der Waals surface area contributed by atoms with Gasteiger partial charge in [0, 0.05) is 0 Å². The number of aryl methyl sites for hydroxylation is 1. The topological polar surface area (TPSA) is 56.5 Å². The Hall–Kier alpha value is -1.78. The van der Waals surface area contributed by atoms with E-state index >= 15 is 0 Å². The SMILES string of the molecule is Cc1cnc(-n2ccnn2)cn1. The summed E-state index contributed by atoms with van der Waals surface area (Å²) in [5.74, 6) is 0.679. The van der Waals surface area contributed by atoms with Gasteiger partial charge in [-0.15, -0.1) is 5.10 Å². The minimum absolute atomic E-state index is 0.679. The second kappa shape index (κ2) is 2.69.